The normalized spacial score (nSPS) is 24.8. The zero-order chi connectivity index (χ0) is 20.3. The van der Waals surface area contributed by atoms with E-state index >= 15 is 0 Å². The Morgan fingerprint density at radius 2 is 2.00 bits per heavy atom. The van der Waals surface area contributed by atoms with Gasteiger partial charge in [0.1, 0.15) is 5.82 Å². The molecule has 0 spiro atoms. The summed E-state index contributed by atoms with van der Waals surface area (Å²) in [6.45, 7) is 6.00. The Bertz CT molecular complexity index is 832. The number of ether oxygens (including phenoxy) is 1. The van der Waals surface area contributed by atoms with Crippen LogP contribution in [0.15, 0.2) is 42.7 Å². The quantitative estimate of drug-likeness (QED) is 0.722. The maximum atomic E-state index is 13.2. The minimum Gasteiger partial charge on any atom is -0.466 e. The SMILES string of the molecule is CCOC(=O)[C@]12CCCN(Cc3ccc(F)cc3)C[C@H]1CN(c1ncccn1)C2. The molecule has 154 valence electrons. The Balaban J connectivity index is 1.56. The lowest BCUT2D eigenvalue weighted by Gasteiger charge is -2.31. The van der Waals surface area contributed by atoms with Crippen LogP contribution in [0.5, 0.6) is 0 Å². The first-order valence-electron chi connectivity index (χ1n) is 10.3. The van der Waals surface area contributed by atoms with Crippen LogP contribution < -0.4 is 4.90 Å². The van der Waals surface area contributed by atoms with Gasteiger partial charge in [0.15, 0.2) is 0 Å². The topological polar surface area (TPSA) is 58.6 Å². The molecule has 2 saturated heterocycles. The molecule has 3 heterocycles. The number of nitrogens with zero attached hydrogens (tertiary/aromatic N) is 4. The van der Waals surface area contributed by atoms with Gasteiger partial charge >= 0.3 is 5.97 Å². The van der Waals surface area contributed by atoms with Gasteiger partial charge in [-0.1, -0.05) is 12.1 Å². The highest BCUT2D eigenvalue weighted by atomic mass is 19.1. The van der Waals surface area contributed by atoms with Crippen LogP contribution in [0.3, 0.4) is 0 Å². The van der Waals surface area contributed by atoms with E-state index in [0.29, 0.717) is 19.1 Å². The van der Waals surface area contributed by atoms with Gasteiger partial charge < -0.3 is 9.64 Å². The molecule has 7 heteroatoms. The molecule has 2 aromatic rings. The van der Waals surface area contributed by atoms with Crippen molar-refractivity contribution in [2.45, 2.75) is 26.3 Å². The van der Waals surface area contributed by atoms with Crippen LogP contribution >= 0.6 is 0 Å². The third-order valence-corrected chi connectivity index (χ3v) is 6.11. The van der Waals surface area contributed by atoms with Gasteiger partial charge in [-0.15, -0.1) is 0 Å². The highest BCUT2D eigenvalue weighted by Gasteiger charge is 2.54. The van der Waals surface area contributed by atoms with Gasteiger partial charge in [-0.25, -0.2) is 14.4 Å². The number of esters is 1. The van der Waals surface area contributed by atoms with Crippen LogP contribution in [0.4, 0.5) is 10.3 Å². The van der Waals surface area contributed by atoms with Crippen molar-refractivity contribution in [2.24, 2.45) is 11.3 Å². The summed E-state index contributed by atoms with van der Waals surface area (Å²) in [6.07, 6.45) is 5.17. The van der Waals surface area contributed by atoms with E-state index in [0.717, 1.165) is 44.6 Å². The maximum absolute atomic E-state index is 13.2. The number of anilines is 1. The van der Waals surface area contributed by atoms with Crippen LogP contribution in [0, 0.1) is 17.2 Å². The number of carbonyl (C=O) groups is 1. The maximum Gasteiger partial charge on any atom is 0.314 e. The Morgan fingerprint density at radius 1 is 1.24 bits per heavy atom. The van der Waals surface area contributed by atoms with Gasteiger partial charge in [0.2, 0.25) is 5.95 Å². The second kappa shape index (κ2) is 8.45. The van der Waals surface area contributed by atoms with Gasteiger partial charge in [-0.2, -0.15) is 0 Å². The second-order valence-corrected chi connectivity index (χ2v) is 7.97. The minimum atomic E-state index is -0.535. The van der Waals surface area contributed by atoms with E-state index in [1.807, 2.05) is 19.1 Å². The van der Waals surface area contributed by atoms with E-state index in [1.54, 1.807) is 18.5 Å². The molecular weight excluding hydrogens is 371 g/mol. The van der Waals surface area contributed by atoms with Crippen molar-refractivity contribution in [3.05, 3.63) is 54.1 Å². The number of likely N-dealkylation sites (tertiary alicyclic amines) is 1. The van der Waals surface area contributed by atoms with Crippen LogP contribution in [0.25, 0.3) is 0 Å². The average Bonchev–Trinajstić information content (AvgIpc) is 3.01. The van der Waals surface area contributed by atoms with Gasteiger partial charge in [0.25, 0.3) is 0 Å². The van der Waals surface area contributed by atoms with Gasteiger partial charge in [0, 0.05) is 44.5 Å². The van der Waals surface area contributed by atoms with Gasteiger partial charge in [-0.05, 0) is 50.1 Å². The average molecular weight is 398 g/mol. The Kier molecular flexibility index (Phi) is 5.76. The molecule has 2 aliphatic heterocycles. The molecule has 29 heavy (non-hydrogen) atoms. The summed E-state index contributed by atoms with van der Waals surface area (Å²) in [7, 11) is 0. The molecule has 1 aromatic heterocycles. The molecular formula is C22H27FN4O2. The zero-order valence-corrected chi connectivity index (χ0v) is 16.8. The fraction of sp³-hybridized carbons (Fsp3) is 0.500. The molecule has 0 amide bonds. The predicted octanol–water partition coefficient (Wildman–Crippen LogP) is 2.90. The minimum absolute atomic E-state index is 0.105. The Hall–Kier alpha value is -2.54. The number of hydrogen-bond donors (Lipinski definition) is 0. The summed E-state index contributed by atoms with van der Waals surface area (Å²) in [4.78, 5) is 26.3. The van der Waals surface area contributed by atoms with E-state index in [1.165, 1.54) is 12.1 Å². The van der Waals surface area contributed by atoms with Crippen molar-refractivity contribution in [2.75, 3.05) is 37.7 Å². The first kappa shape index (κ1) is 19.8. The molecule has 1 aromatic carbocycles. The molecule has 6 nitrogen and oxygen atoms in total. The lowest BCUT2D eigenvalue weighted by atomic mass is 9.75. The van der Waals surface area contributed by atoms with Crippen molar-refractivity contribution >= 4 is 11.9 Å². The van der Waals surface area contributed by atoms with Crippen molar-refractivity contribution in [3.8, 4) is 0 Å². The number of benzene rings is 1. The number of halogens is 1. The van der Waals surface area contributed by atoms with Crippen molar-refractivity contribution in [1.29, 1.82) is 0 Å². The highest BCUT2D eigenvalue weighted by molar-refractivity contribution is 5.79. The molecule has 0 saturated carbocycles. The fourth-order valence-electron chi connectivity index (χ4n) is 4.72. The van der Waals surface area contributed by atoms with Crippen LogP contribution in [0.1, 0.15) is 25.3 Å². The molecule has 0 N–H and O–H groups in total. The molecule has 0 unspecified atom stereocenters. The third-order valence-electron chi connectivity index (χ3n) is 6.11. The Morgan fingerprint density at radius 3 is 2.72 bits per heavy atom. The predicted molar refractivity (Wildman–Crippen MR) is 108 cm³/mol. The molecule has 0 bridgehead atoms. The van der Waals surface area contributed by atoms with Gasteiger partial charge in [-0.3, -0.25) is 9.69 Å². The van der Waals surface area contributed by atoms with E-state index < -0.39 is 5.41 Å². The van der Waals surface area contributed by atoms with Crippen molar-refractivity contribution < 1.29 is 13.9 Å². The zero-order valence-electron chi connectivity index (χ0n) is 16.8. The summed E-state index contributed by atoms with van der Waals surface area (Å²) >= 11 is 0. The van der Waals surface area contributed by atoms with Crippen molar-refractivity contribution in [3.63, 3.8) is 0 Å². The monoisotopic (exact) mass is 398 g/mol. The van der Waals surface area contributed by atoms with E-state index in [9.17, 15) is 9.18 Å². The molecule has 2 atom stereocenters. The first-order valence-corrected chi connectivity index (χ1v) is 10.3. The summed E-state index contributed by atoms with van der Waals surface area (Å²) < 4.78 is 18.8. The lowest BCUT2D eigenvalue weighted by Crippen LogP contribution is -2.42. The first-order chi connectivity index (χ1) is 14.1. The van der Waals surface area contributed by atoms with E-state index in [4.69, 9.17) is 4.74 Å². The number of rotatable bonds is 5. The fourth-order valence-corrected chi connectivity index (χ4v) is 4.72. The van der Waals surface area contributed by atoms with Crippen LogP contribution in [-0.4, -0.2) is 53.6 Å². The largest absolute Gasteiger partial charge is 0.466 e. The number of aromatic nitrogens is 2. The Labute approximate surface area is 170 Å². The van der Waals surface area contributed by atoms with Crippen LogP contribution in [-0.2, 0) is 16.1 Å². The summed E-state index contributed by atoms with van der Waals surface area (Å²) in [6, 6.07) is 8.46. The summed E-state index contributed by atoms with van der Waals surface area (Å²) in [5.74, 6) is 0.468. The number of carbonyl (C=O) groups excluding carboxylic acids is 1. The molecule has 4 rings (SSSR count). The number of hydrogen-bond acceptors (Lipinski definition) is 6. The van der Waals surface area contributed by atoms with Crippen LogP contribution in [0.2, 0.25) is 0 Å². The smallest absolute Gasteiger partial charge is 0.314 e. The standard InChI is InChI=1S/C22H27FN4O2/c1-2-29-20(28)22-9-3-12-26(13-17-5-7-19(23)8-6-17)14-18(22)15-27(16-22)21-24-10-4-11-25-21/h4-8,10-11,18H,2-3,9,12-16H2,1H3/t18-,22-/m0/s1. The molecule has 0 radical (unpaired) electrons. The van der Waals surface area contributed by atoms with Crippen molar-refractivity contribution in [1.82, 2.24) is 14.9 Å². The van der Waals surface area contributed by atoms with E-state index in [2.05, 4.69) is 19.8 Å². The highest BCUT2D eigenvalue weighted by Crippen LogP contribution is 2.44. The lowest BCUT2D eigenvalue weighted by molar-refractivity contribution is -0.157. The summed E-state index contributed by atoms with van der Waals surface area (Å²) in [5, 5.41) is 0. The number of fused-ring (bicyclic) bond motifs is 1. The van der Waals surface area contributed by atoms with Gasteiger partial charge in [0.05, 0.1) is 12.0 Å². The second-order valence-electron chi connectivity index (χ2n) is 7.97. The molecule has 2 fully saturated rings. The molecule has 2 aliphatic rings. The third kappa shape index (κ3) is 4.10. The summed E-state index contributed by atoms with van der Waals surface area (Å²) in [5.41, 5.74) is 0.545. The van der Waals surface area contributed by atoms with E-state index in [-0.39, 0.29) is 17.7 Å². The molecule has 0 aliphatic carbocycles.